The predicted octanol–water partition coefficient (Wildman–Crippen LogP) is 5.29. The summed E-state index contributed by atoms with van der Waals surface area (Å²) in [5.41, 5.74) is 2.52. The molecule has 0 amide bonds. The van der Waals surface area contributed by atoms with Crippen LogP contribution in [0.15, 0.2) is 24.5 Å². The molecule has 0 N–H and O–H groups in total. The first-order valence-electron chi connectivity index (χ1n) is 9.97. The number of fused-ring (bicyclic) bond motifs is 1. The summed E-state index contributed by atoms with van der Waals surface area (Å²) in [5, 5.41) is 1.57. The molecule has 4 nitrogen and oxygen atoms in total. The minimum Gasteiger partial charge on any atom is -0.359 e. The van der Waals surface area contributed by atoms with E-state index < -0.39 is 8.24 Å². The van der Waals surface area contributed by atoms with Crippen molar-refractivity contribution in [3.63, 3.8) is 0 Å². The van der Waals surface area contributed by atoms with E-state index in [1.54, 1.807) is 0 Å². The van der Waals surface area contributed by atoms with Crippen LogP contribution in [-0.4, -0.2) is 36.5 Å². The first kappa shape index (κ1) is 18.2. The Bertz CT molecular complexity index is 790. The number of pyridine rings is 1. The number of nitrogens with zero attached hydrogens (tertiary/aromatic N) is 2. The number of hydrogen-bond donors (Lipinski definition) is 0. The largest absolute Gasteiger partial charge is 0.359 e. The van der Waals surface area contributed by atoms with Crippen LogP contribution in [-0.2, 0) is 9.47 Å². The monoisotopic (exact) mass is 372 g/mol. The van der Waals surface area contributed by atoms with E-state index in [4.69, 9.17) is 14.5 Å². The lowest BCUT2D eigenvalue weighted by atomic mass is 9.81. The van der Waals surface area contributed by atoms with Crippen LogP contribution >= 0.6 is 0 Å². The van der Waals surface area contributed by atoms with Crippen molar-refractivity contribution in [3.8, 4) is 0 Å². The van der Waals surface area contributed by atoms with Crippen LogP contribution in [0.25, 0.3) is 11.0 Å². The van der Waals surface area contributed by atoms with Gasteiger partial charge in [-0.3, -0.25) is 0 Å². The molecule has 3 heterocycles. The maximum atomic E-state index is 5.87. The van der Waals surface area contributed by atoms with Crippen LogP contribution in [0.2, 0.25) is 18.1 Å². The topological polar surface area (TPSA) is 36.3 Å². The van der Waals surface area contributed by atoms with Crippen molar-refractivity contribution in [3.05, 3.63) is 30.1 Å². The predicted molar refractivity (Wildman–Crippen MR) is 108 cm³/mol. The molecule has 0 atom stereocenters. The molecule has 5 heteroatoms. The fourth-order valence-electron chi connectivity index (χ4n) is 4.25. The van der Waals surface area contributed by atoms with Gasteiger partial charge in [-0.2, -0.15) is 0 Å². The van der Waals surface area contributed by atoms with Crippen molar-refractivity contribution in [2.75, 3.05) is 13.2 Å². The fraction of sp³-hybridized carbons (Fsp3) is 0.667. The van der Waals surface area contributed by atoms with Gasteiger partial charge in [0.1, 0.15) is 5.65 Å². The van der Waals surface area contributed by atoms with E-state index in [0.717, 1.165) is 44.5 Å². The highest BCUT2D eigenvalue weighted by atomic mass is 28.3. The molecule has 0 radical (unpaired) electrons. The van der Waals surface area contributed by atoms with Crippen LogP contribution in [0.3, 0.4) is 0 Å². The second kappa shape index (κ2) is 6.18. The lowest BCUT2D eigenvalue weighted by Gasteiger charge is -2.38. The third-order valence-electron chi connectivity index (χ3n) is 7.02. The summed E-state index contributed by atoms with van der Waals surface area (Å²) in [7, 11) is -1.65. The average molecular weight is 373 g/mol. The van der Waals surface area contributed by atoms with Gasteiger partial charge in [-0.15, -0.1) is 0 Å². The molecule has 4 rings (SSSR count). The Morgan fingerprint density at radius 3 is 2.42 bits per heavy atom. The zero-order chi connectivity index (χ0) is 18.6. The molecule has 2 aliphatic rings. The molecule has 1 aliphatic carbocycles. The van der Waals surface area contributed by atoms with Crippen molar-refractivity contribution in [2.45, 2.75) is 76.3 Å². The van der Waals surface area contributed by atoms with Crippen LogP contribution < -0.4 is 0 Å². The highest BCUT2D eigenvalue weighted by molar-refractivity contribution is 6.79. The van der Waals surface area contributed by atoms with Gasteiger partial charge in [0.25, 0.3) is 0 Å². The summed E-state index contributed by atoms with van der Waals surface area (Å²) in [5.74, 6) is 0.293. The molecule has 0 aromatic carbocycles. The van der Waals surface area contributed by atoms with E-state index in [-0.39, 0.29) is 10.8 Å². The third kappa shape index (κ3) is 2.94. The zero-order valence-electron chi connectivity index (χ0n) is 16.8. The van der Waals surface area contributed by atoms with Gasteiger partial charge < -0.3 is 13.7 Å². The minimum atomic E-state index is -1.65. The SMILES string of the molecule is CC(C)(C)[Si](C)(C)n1ccc2cc(C3CCC4(CC3)OCCO4)cnc21. The summed E-state index contributed by atoms with van der Waals surface area (Å²) in [6.07, 6.45) is 8.62. The van der Waals surface area contributed by atoms with Crippen LogP contribution in [0, 0.1) is 0 Å². The quantitative estimate of drug-likeness (QED) is 0.672. The Hall–Kier alpha value is -1.17. The van der Waals surface area contributed by atoms with Gasteiger partial charge >= 0.3 is 0 Å². The average Bonchev–Trinajstić information content (AvgIpc) is 3.21. The molecule has 2 aromatic rings. The maximum Gasteiger partial charge on any atom is 0.168 e. The van der Waals surface area contributed by atoms with Gasteiger partial charge in [-0.05, 0) is 47.7 Å². The Morgan fingerprint density at radius 2 is 1.81 bits per heavy atom. The lowest BCUT2D eigenvalue weighted by molar-refractivity contribution is -0.178. The molecule has 2 aromatic heterocycles. The smallest absolute Gasteiger partial charge is 0.168 e. The summed E-state index contributed by atoms with van der Waals surface area (Å²) in [4.78, 5) is 4.92. The molecule has 1 spiro atoms. The molecule has 0 bridgehead atoms. The molecule has 2 fully saturated rings. The molecule has 0 unspecified atom stereocenters. The van der Waals surface area contributed by atoms with Gasteiger partial charge in [0.05, 0.1) is 13.2 Å². The maximum absolute atomic E-state index is 5.87. The Labute approximate surface area is 158 Å². The van der Waals surface area contributed by atoms with Crippen LogP contribution in [0.5, 0.6) is 0 Å². The van der Waals surface area contributed by atoms with E-state index in [9.17, 15) is 0 Å². The Morgan fingerprint density at radius 1 is 1.15 bits per heavy atom. The fourth-order valence-corrected chi connectivity index (χ4v) is 6.14. The molecular weight excluding hydrogens is 340 g/mol. The van der Waals surface area contributed by atoms with Gasteiger partial charge in [-0.1, -0.05) is 33.9 Å². The van der Waals surface area contributed by atoms with E-state index in [0.29, 0.717) is 5.92 Å². The van der Waals surface area contributed by atoms with Crippen molar-refractivity contribution < 1.29 is 9.47 Å². The van der Waals surface area contributed by atoms with Gasteiger partial charge in [-0.25, -0.2) is 4.98 Å². The summed E-state index contributed by atoms with van der Waals surface area (Å²) < 4.78 is 14.2. The van der Waals surface area contributed by atoms with Crippen LogP contribution in [0.1, 0.15) is 57.9 Å². The molecule has 26 heavy (non-hydrogen) atoms. The number of rotatable bonds is 2. The first-order valence-corrected chi connectivity index (χ1v) is 12.9. The normalized spacial score (nSPS) is 21.7. The second-order valence-corrected chi connectivity index (χ2v) is 14.7. The molecule has 1 saturated heterocycles. The third-order valence-corrected chi connectivity index (χ3v) is 12.3. The van der Waals surface area contributed by atoms with Crippen molar-refractivity contribution >= 4 is 19.3 Å². The standard InChI is InChI=1S/C21H32N2O2Si/c1-20(2,3)26(4,5)23-11-8-17-14-18(15-22-19(17)23)16-6-9-21(10-7-16)24-12-13-25-21/h8,11,14-16H,6-7,9-10,12-13H2,1-5H3. The van der Waals surface area contributed by atoms with Gasteiger partial charge in [0.2, 0.25) is 0 Å². The van der Waals surface area contributed by atoms with Crippen molar-refractivity contribution in [1.82, 2.24) is 9.22 Å². The van der Waals surface area contributed by atoms with Gasteiger partial charge in [0.15, 0.2) is 14.0 Å². The summed E-state index contributed by atoms with van der Waals surface area (Å²) in [6, 6.07) is 4.62. The Balaban J connectivity index is 1.58. The van der Waals surface area contributed by atoms with E-state index in [1.807, 2.05) is 0 Å². The van der Waals surface area contributed by atoms with Gasteiger partial charge in [0, 0.05) is 24.4 Å². The molecule has 1 saturated carbocycles. The molecular formula is C21H32N2O2Si. The first-order chi connectivity index (χ1) is 12.2. The minimum absolute atomic E-state index is 0.278. The van der Waals surface area contributed by atoms with Crippen molar-refractivity contribution in [1.29, 1.82) is 0 Å². The number of hydrogen-bond acceptors (Lipinski definition) is 3. The van der Waals surface area contributed by atoms with E-state index >= 15 is 0 Å². The van der Waals surface area contributed by atoms with Crippen LogP contribution in [0.4, 0.5) is 0 Å². The highest BCUT2D eigenvalue weighted by Gasteiger charge is 2.41. The highest BCUT2D eigenvalue weighted by Crippen LogP contribution is 2.43. The number of aromatic nitrogens is 2. The van der Waals surface area contributed by atoms with E-state index in [2.05, 4.69) is 62.6 Å². The molecule has 142 valence electrons. The number of ether oxygens (including phenoxy) is 2. The van der Waals surface area contributed by atoms with E-state index in [1.165, 1.54) is 10.9 Å². The second-order valence-electron chi connectivity index (χ2n) is 9.56. The summed E-state index contributed by atoms with van der Waals surface area (Å²) in [6.45, 7) is 13.4. The Kier molecular flexibility index (Phi) is 4.33. The lowest BCUT2D eigenvalue weighted by Crippen LogP contribution is -2.45. The molecule has 1 aliphatic heterocycles. The zero-order valence-corrected chi connectivity index (χ0v) is 17.8. The van der Waals surface area contributed by atoms with Crippen molar-refractivity contribution in [2.24, 2.45) is 0 Å². The summed E-state index contributed by atoms with van der Waals surface area (Å²) >= 11 is 0.